The van der Waals surface area contributed by atoms with Crippen LogP contribution >= 0.6 is 11.8 Å². The van der Waals surface area contributed by atoms with E-state index < -0.39 is 0 Å². The molecule has 45 heavy (non-hydrogen) atoms. The van der Waals surface area contributed by atoms with E-state index in [1.807, 2.05) is 90.5 Å². The zero-order chi connectivity index (χ0) is 30.9. The molecule has 2 aliphatic rings. The number of anilines is 1. The van der Waals surface area contributed by atoms with Gasteiger partial charge in [0.15, 0.2) is 11.5 Å². The molecule has 7 rings (SSSR count). The minimum atomic E-state index is -0.290. The molecule has 4 heterocycles. The van der Waals surface area contributed by atoms with Crippen molar-refractivity contribution < 1.29 is 19.1 Å². The molecule has 0 spiro atoms. The molecule has 5 aromatic rings. The van der Waals surface area contributed by atoms with Crippen molar-refractivity contribution in [3.63, 3.8) is 0 Å². The fourth-order valence-corrected chi connectivity index (χ4v) is 6.88. The Morgan fingerprint density at radius 3 is 2.62 bits per heavy atom. The number of hydrogen-bond acceptors (Lipinski definition) is 7. The molecule has 2 aliphatic heterocycles. The summed E-state index contributed by atoms with van der Waals surface area (Å²) >= 11 is 1.52. The predicted molar refractivity (Wildman–Crippen MR) is 174 cm³/mol. The van der Waals surface area contributed by atoms with Gasteiger partial charge in [-0.2, -0.15) is 5.10 Å². The van der Waals surface area contributed by atoms with Gasteiger partial charge >= 0.3 is 0 Å². The first-order valence-corrected chi connectivity index (χ1v) is 15.8. The van der Waals surface area contributed by atoms with Crippen molar-refractivity contribution in [2.75, 3.05) is 24.0 Å². The number of rotatable bonds is 7. The number of thioether (sulfide) groups is 1. The largest absolute Gasteiger partial charge is 0.454 e. The highest BCUT2D eigenvalue weighted by atomic mass is 32.2. The molecular formula is C35H31N5O4S. The van der Waals surface area contributed by atoms with Crippen LogP contribution in [0.2, 0.25) is 0 Å². The number of nitrogens with one attached hydrogen (secondary N) is 1. The van der Waals surface area contributed by atoms with E-state index in [1.54, 1.807) is 11.1 Å². The topological polar surface area (TPSA) is 98.6 Å². The van der Waals surface area contributed by atoms with Crippen LogP contribution in [0.5, 0.6) is 11.5 Å². The summed E-state index contributed by atoms with van der Waals surface area (Å²) in [4.78, 5) is 33.4. The van der Waals surface area contributed by atoms with Crippen molar-refractivity contribution in [2.24, 2.45) is 0 Å². The molecule has 10 heteroatoms. The third-order valence-corrected chi connectivity index (χ3v) is 9.39. The normalized spacial score (nSPS) is 15.5. The van der Waals surface area contributed by atoms with Crippen LogP contribution in [0, 0.1) is 13.8 Å². The highest BCUT2D eigenvalue weighted by molar-refractivity contribution is 8.00. The second-order valence-corrected chi connectivity index (χ2v) is 12.1. The van der Waals surface area contributed by atoms with Gasteiger partial charge in [0.05, 0.1) is 34.6 Å². The van der Waals surface area contributed by atoms with Crippen LogP contribution in [-0.2, 0) is 16.1 Å². The van der Waals surface area contributed by atoms with E-state index >= 15 is 0 Å². The van der Waals surface area contributed by atoms with E-state index in [0.29, 0.717) is 17.3 Å². The van der Waals surface area contributed by atoms with Gasteiger partial charge < -0.3 is 14.8 Å². The lowest BCUT2D eigenvalue weighted by molar-refractivity contribution is -0.123. The number of fused-ring (bicyclic) bond motifs is 2. The number of benzene rings is 3. The van der Waals surface area contributed by atoms with Gasteiger partial charge in [-0.3, -0.25) is 19.5 Å². The number of aromatic nitrogens is 3. The molecule has 1 N–H and O–H groups in total. The summed E-state index contributed by atoms with van der Waals surface area (Å²) < 4.78 is 13.2. The average molecular weight is 618 g/mol. The van der Waals surface area contributed by atoms with Crippen molar-refractivity contribution in [3.8, 4) is 28.4 Å². The molecule has 1 atom stereocenters. The van der Waals surface area contributed by atoms with Gasteiger partial charge in [0.2, 0.25) is 18.6 Å². The third-order valence-electron chi connectivity index (χ3n) is 8.13. The zero-order valence-corrected chi connectivity index (χ0v) is 25.7. The van der Waals surface area contributed by atoms with Gasteiger partial charge in [-0.15, -0.1) is 11.8 Å². The Morgan fingerprint density at radius 1 is 0.978 bits per heavy atom. The molecule has 9 nitrogen and oxygen atoms in total. The molecule has 0 bridgehead atoms. The summed E-state index contributed by atoms with van der Waals surface area (Å²) in [6, 6.07) is 27.5. The van der Waals surface area contributed by atoms with Crippen molar-refractivity contribution >= 4 is 29.4 Å². The van der Waals surface area contributed by atoms with Crippen LogP contribution in [0.1, 0.15) is 33.2 Å². The third kappa shape index (κ3) is 5.53. The van der Waals surface area contributed by atoms with E-state index in [-0.39, 0.29) is 42.7 Å². The van der Waals surface area contributed by atoms with Gasteiger partial charge in [-0.25, -0.2) is 4.68 Å². The number of aryl methyl sites for hydroxylation is 1. The number of hydrogen-bond donors (Lipinski definition) is 1. The molecule has 0 aliphatic carbocycles. The van der Waals surface area contributed by atoms with Gasteiger partial charge in [0.25, 0.3) is 0 Å². The Bertz CT molecular complexity index is 1890. The molecule has 0 saturated heterocycles. The van der Waals surface area contributed by atoms with Crippen LogP contribution in [0.15, 0.2) is 91.1 Å². The van der Waals surface area contributed by atoms with Gasteiger partial charge in [-0.05, 0) is 60.9 Å². The van der Waals surface area contributed by atoms with Crippen LogP contribution in [-0.4, -0.2) is 45.7 Å². The smallest absolute Gasteiger partial charge is 0.240 e. The van der Waals surface area contributed by atoms with Crippen molar-refractivity contribution in [2.45, 2.75) is 25.6 Å². The van der Waals surface area contributed by atoms with Crippen LogP contribution in [0.3, 0.4) is 0 Å². The molecule has 0 unspecified atom stereocenters. The number of pyridine rings is 1. The van der Waals surface area contributed by atoms with Crippen LogP contribution in [0.4, 0.5) is 5.82 Å². The lowest BCUT2D eigenvalue weighted by Gasteiger charge is -2.24. The summed E-state index contributed by atoms with van der Waals surface area (Å²) in [5.74, 6) is 1.63. The summed E-state index contributed by atoms with van der Waals surface area (Å²) in [7, 11) is 0. The Labute approximate surface area is 265 Å². The minimum Gasteiger partial charge on any atom is -0.454 e. The first kappa shape index (κ1) is 28.7. The molecular weight excluding hydrogens is 586 g/mol. The predicted octanol–water partition coefficient (Wildman–Crippen LogP) is 5.77. The van der Waals surface area contributed by atoms with Gasteiger partial charge in [0.1, 0.15) is 12.4 Å². The molecule has 226 valence electrons. The standard InChI is InChI=1S/C35H31N5O4S/c1-22-9-8-13-27(23(22)2)40-35-32(33(38-40)24-10-4-3-5-11-24)34(25-14-15-28-29(17-25)44-21-43-28)45-20-31(42)39(35)19-30(41)37-18-26-12-6-7-16-36-26/h3-17,34H,18-21H2,1-2H3,(H,37,41)/t34-/m1/s1. The molecule has 3 aromatic carbocycles. The molecule has 0 radical (unpaired) electrons. The maximum atomic E-state index is 14.1. The highest BCUT2D eigenvalue weighted by Gasteiger charge is 2.38. The Balaban J connectivity index is 1.41. The first-order chi connectivity index (χ1) is 22.0. The van der Waals surface area contributed by atoms with Gasteiger partial charge in [0, 0.05) is 17.3 Å². The Hall–Kier alpha value is -5.09. The zero-order valence-electron chi connectivity index (χ0n) is 24.9. The lowest BCUT2D eigenvalue weighted by Crippen LogP contribution is -2.42. The Morgan fingerprint density at radius 2 is 1.80 bits per heavy atom. The van der Waals surface area contributed by atoms with E-state index in [2.05, 4.69) is 23.3 Å². The second kappa shape index (κ2) is 12.1. The average Bonchev–Trinajstić information content (AvgIpc) is 3.67. The minimum absolute atomic E-state index is 0.168. The number of nitrogens with zero attached hydrogens (tertiary/aromatic N) is 4. The van der Waals surface area contributed by atoms with Crippen LogP contribution < -0.4 is 19.7 Å². The van der Waals surface area contributed by atoms with Crippen molar-refractivity contribution in [1.29, 1.82) is 0 Å². The number of carbonyl (C=O) groups is 2. The number of amides is 2. The summed E-state index contributed by atoms with van der Waals surface area (Å²) in [6.07, 6.45) is 1.69. The van der Waals surface area contributed by atoms with Crippen molar-refractivity contribution in [1.82, 2.24) is 20.1 Å². The van der Waals surface area contributed by atoms with E-state index in [4.69, 9.17) is 14.6 Å². The fraction of sp³-hybridized carbons (Fsp3) is 0.200. The maximum Gasteiger partial charge on any atom is 0.240 e. The molecule has 2 amide bonds. The Kier molecular flexibility index (Phi) is 7.72. The van der Waals surface area contributed by atoms with Crippen LogP contribution in [0.25, 0.3) is 16.9 Å². The molecule has 0 saturated carbocycles. The van der Waals surface area contributed by atoms with E-state index in [1.165, 1.54) is 11.8 Å². The summed E-state index contributed by atoms with van der Waals surface area (Å²) in [5.41, 5.74) is 7.18. The SMILES string of the molecule is Cc1cccc(-n2nc(-c3ccccc3)c3c2N(CC(=O)NCc2ccccn2)C(=O)CS[C@@H]3c2ccc3c(c2)OCO3)c1C. The maximum absolute atomic E-state index is 14.1. The quantitative estimate of drug-likeness (QED) is 0.248. The summed E-state index contributed by atoms with van der Waals surface area (Å²) in [6.45, 7) is 4.36. The van der Waals surface area contributed by atoms with E-state index in [9.17, 15) is 9.59 Å². The second-order valence-electron chi connectivity index (χ2n) is 11.0. The van der Waals surface area contributed by atoms with Crippen molar-refractivity contribution in [3.05, 3.63) is 119 Å². The fourth-order valence-electron chi connectivity index (χ4n) is 5.69. The highest BCUT2D eigenvalue weighted by Crippen LogP contribution is 2.50. The van der Waals surface area contributed by atoms with E-state index in [0.717, 1.165) is 44.9 Å². The monoisotopic (exact) mass is 617 g/mol. The number of carbonyl (C=O) groups excluding carboxylic acids is 2. The van der Waals surface area contributed by atoms with Gasteiger partial charge in [-0.1, -0.05) is 54.6 Å². The number of ether oxygens (including phenoxy) is 2. The molecule has 0 fully saturated rings. The lowest BCUT2D eigenvalue weighted by atomic mass is 9.99. The first-order valence-electron chi connectivity index (χ1n) is 14.7. The summed E-state index contributed by atoms with van der Waals surface area (Å²) in [5, 5.41) is 7.88. The molecule has 2 aromatic heterocycles.